The molecule has 1 atom stereocenters. The molecule has 6 nitrogen and oxygen atoms in total. The number of aliphatic hydroxyl groups excluding tert-OH is 1. The summed E-state index contributed by atoms with van der Waals surface area (Å²) in [6.07, 6.45) is 0.736. The molecule has 0 saturated carbocycles. The van der Waals surface area contributed by atoms with Crippen LogP contribution in [0.25, 0.3) is 0 Å². The Hall–Kier alpha value is -2.34. The van der Waals surface area contributed by atoms with Gasteiger partial charge in [-0.15, -0.1) is 0 Å². The van der Waals surface area contributed by atoms with Gasteiger partial charge in [-0.05, 0) is 18.6 Å². The van der Waals surface area contributed by atoms with Crippen LogP contribution in [0.4, 0.5) is 0 Å². The Labute approximate surface area is 116 Å². The average Bonchev–Trinajstić information content (AvgIpc) is 2.42. The van der Waals surface area contributed by atoms with E-state index in [0.717, 1.165) is 17.7 Å². The van der Waals surface area contributed by atoms with Gasteiger partial charge in [-0.3, -0.25) is 4.79 Å². The maximum Gasteiger partial charge on any atom is 0.328 e. The monoisotopic (exact) mass is 279 g/mol. The number of carbonyl (C=O) groups is 2. The Morgan fingerprint density at radius 1 is 1.35 bits per heavy atom. The van der Waals surface area contributed by atoms with Crippen LogP contribution in [-0.2, 0) is 9.59 Å². The van der Waals surface area contributed by atoms with Gasteiger partial charge < -0.3 is 20.3 Å². The highest BCUT2D eigenvalue weighted by Gasteiger charge is 2.07. The van der Waals surface area contributed by atoms with Crippen molar-refractivity contribution >= 4 is 11.9 Å². The first kappa shape index (κ1) is 15.7. The average molecular weight is 279 g/mol. The van der Waals surface area contributed by atoms with Crippen molar-refractivity contribution in [3.8, 4) is 5.75 Å². The van der Waals surface area contributed by atoms with Gasteiger partial charge in [0, 0.05) is 18.7 Å². The number of rotatable bonds is 7. The summed E-state index contributed by atoms with van der Waals surface area (Å²) in [5, 5.41) is 20.4. The van der Waals surface area contributed by atoms with Crippen molar-refractivity contribution in [1.82, 2.24) is 5.32 Å². The summed E-state index contributed by atoms with van der Waals surface area (Å²) in [5.41, 5.74) is 0.952. The molecule has 0 aliphatic heterocycles. The standard InChI is InChI=1S/C14H17NO5/c1-10-4-2-3-5-12(10)20-9-11(16)8-15-13(17)6-7-14(18)19/h2-7,11,16H,8-9H2,1H3,(H,15,17)(H,18,19)/b7-6+. The van der Waals surface area contributed by atoms with Gasteiger partial charge in [0.2, 0.25) is 5.91 Å². The fourth-order valence-corrected chi connectivity index (χ4v) is 1.39. The van der Waals surface area contributed by atoms with Crippen LogP contribution in [0.1, 0.15) is 5.56 Å². The Balaban J connectivity index is 2.30. The smallest absolute Gasteiger partial charge is 0.328 e. The molecule has 6 heteroatoms. The third kappa shape index (κ3) is 6.01. The molecule has 0 radical (unpaired) electrons. The van der Waals surface area contributed by atoms with Crippen LogP contribution in [0.3, 0.4) is 0 Å². The minimum atomic E-state index is -1.21. The Kier molecular flexibility index (Phi) is 6.25. The van der Waals surface area contributed by atoms with Crippen molar-refractivity contribution in [2.45, 2.75) is 13.0 Å². The second-order valence-electron chi connectivity index (χ2n) is 4.15. The minimum absolute atomic E-state index is 0.0192. The lowest BCUT2D eigenvalue weighted by molar-refractivity contribution is -0.131. The maximum atomic E-state index is 11.2. The molecule has 1 amide bonds. The number of ether oxygens (including phenoxy) is 1. The minimum Gasteiger partial charge on any atom is -0.491 e. The first-order chi connectivity index (χ1) is 9.49. The number of para-hydroxylation sites is 1. The van der Waals surface area contributed by atoms with Gasteiger partial charge in [0.15, 0.2) is 0 Å². The van der Waals surface area contributed by atoms with Gasteiger partial charge in [0.1, 0.15) is 18.5 Å². The third-order valence-corrected chi connectivity index (χ3v) is 2.41. The Morgan fingerprint density at radius 3 is 2.70 bits per heavy atom. The number of amides is 1. The molecule has 1 unspecified atom stereocenters. The second-order valence-corrected chi connectivity index (χ2v) is 4.15. The van der Waals surface area contributed by atoms with E-state index in [1.54, 1.807) is 6.07 Å². The van der Waals surface area contributed by atoms with E-state index >= 15 is 0 Å². The van der Waals surface area contributed by atoms with Crippen LogP contribution in [0.5, 0.6) is 5.75 Å². The number of nitrogens with one attached hydrogen (secondary N) is 1. The van der Waals surface area contributed by atoms with Gasteiger partial charge in [0.25, 0.3) is 0 Å². The van der Waals surface area contributed by atoms with Crippen molar-refractivity contribution < 1.29 is 24.5 Å². The molecule has 0 aliphatic rings. The molecule has 3 N–H and O–H groups in total. The topological polar surface area (TPSA) is 95.9 Å². The number of hydrogen-bond acceptors (Lipinski definition) is 4. The summed E-state index contributed by atoms with van der Waals surface area (Å²) in [5.74, 6) is -1.12. The lowest BCUT2D eigenvalue weighted by Gasteiger charge is -2.13. The molecule has 0 saturated heterocycles. The number of aliphatic hydroxyl groups is 1. The van der Waals surface area contributed by atoms with E-state index < -0.39 is 18.0 Å². The number of benzene rings is 1. The largest absolute Gasteiger partial charge is 0.491 e. The van der Waals surface area contributed by atoms with E-state index in [0.29, 0.717) is 5.75 Å². The summed E-state index contributed by atoms with van der Waals surface area (Å²) in [6.45, 7) is 1.91. The van der Waals surface area contributed by atoms with Crippen LogP contribution >= 0.6 is 0 Å². The van der Waals surface area contributed by atoms with Gasteiger partial charge in [-0.2, -0.15) is 0 Å². The second kappa shape index (κ2) is 7.96. The number of hydrogen-bond donors (Lipinski definition) is 3. The predicted octanol–water partition coefficient (Wildman–Crippen LogP) is 0.492. The molecule has 1 rings (SSSR count). The van der Waals surface area contributed by atoms with E-state index in [1.807, 2.05) is 25.1 Å². The van der Waals surface area contributed by atoms with Crippen molar-refractivity contribution in [3.05, 3.63) is 42.0 Å². The Bertz CT molecular complexity index is 498. The maximum absolute atomic E-state index is 11.2. The normalized spacial score (nSPS) is 12.1. The number of aryl methyl sites for hydroxylation is 1. The van der Waals surface area contributed by atoms with Crippen molar-refractivity contribution in [2.24, 2.45) is 0 Å². The van der Waals surface area contributed by atoms with Gasteiger partial charge in [0.05, 0.1) is 0 Å². The fraction of sp³-hybridized carbons (Fsp3) is 0.286. The van der Waals surface area contributed by atoms with Gasteiger partial charge in [-0.1, -0.05) is 18.2 Å². The zero-order chi connectivity index (χ0) is 15.0. The number of carboxylic acid groups (broad SMARTS) is 1. The third-order valence-electron chi connectivity index (χ3n) is 2.41. The zero-order valence-corrected chi connectivity index (χ0v) is 11.1. The molecule has 1 aromatic rings. The Morgan fingerprint density at radius 2 is 2.05 bits per heavy atom. The molecule has 0 spiro atoms. The van der Waals surface area contributed by atoms with Crippen molar-refractivity contribution in [1.29, 1.82) is 0 Å². The molecule has 108 valence electrons. The molecule has 0 bridgehead atoms. The summed E-state index contributed by atoms with van der Waals surface area (Å²) in [6, 6.07) is 7.39. The van der Waals surface area contributed by atoms with Crippen molar-refractivity contribution in [2.75, 3.05) is 13.2 Å². The zero-order valence-electron chi connectivity index (χ0n) is 11.1. The summed E-state index contributed by atoms with van der Waals surface area (Å²) in [4.78, 5) is 21.4. The van der Waals surface area contributed by atoms with E-state index in [2.05, 4.69) is 5.32 Å². The van der Waals surface area contributed by atoms with E-state index in [4.69, 9.17) is 9.84 Å². The number of carbonyl (C=O) groups excluding carboxylic acids is 1. The number of aliphatic carboxylic acids is 1. The van der Waals surface area contributed by atoms with E-state index in [1.165, 1.54) is 0 Å². The quantitative estimate of drug-likeness (QED) is 0.631. The van der Waals surface area contributed by atoms with E-state index in [-0.39, 0.29) is 13.2 Å². The first-order valence-corrected chi connectivity index (χ1v) is 6.04. The molecule has 0 aromatic heterocycles. The molecular formula is C14H17NO5. The molecular weight excluding hydrogens is 262 g/mol. The van der Waals surface area contributed by atoms with Crippen LogP contribution in [0.2, 0.25) is 0 Å². The molecule has 20 heavy (non-hydrogen) atoms. The molecule has 0 heterocycles. The van der Waals surface area contributed by atoms with E-state index in [9.17, 15) is 14.7 Å². The highest BCUT2D eigenvalue weighted by atomic mass is 16.5. The van der Waals surface area contributed by atoms with Crippen LogP contribution < -0.4 is 10.1 Å². The first-order valence-electron chi connectivity index (χ1n) is 6.04. The lowest BCUT2D eigenvalue weighted by atomic mass is 10.2. The van der Waals surface area contributed by atoms with Crippen LogP contribution in [0.15, 0.2) is 36.4 Å². The number of carboxylic acids is 1. The molecule has 0 fully saturated rings. The summed E-state index contributed by atoms with van der Waals surface area (Å²) in [7, 11) is 0. The summed E-state index contributed by atoms with van der Waals surface area (Å²) < 4.78 is 5.42. The molecule has 1 aromatic carbocycles. The SMILES string of the molecule is Cc1ccccc1OCC(O)CNC(=O)/C=C/C(=O)O. The summed E-state index contributed by atoms with van der Waals surface area (Å²) >= 11 is 0. The lowest BCUT2D eigenvalue weighted by Crippen LogP contribution is -2.34. The van der Waals surface area contributed by atoms with Crippen molar-refractivity contribution in [3.63, 3.8) is 0 Å². The van der Waals surface area contributed by atoms with Crippen LogP contribution in [0, 0.1) is 6.92 Å². The highest BCUT2D eigenvalue weighted by Crippen LogP contribution is 2.16. The molecule has 0 aliphatic carbocycles. The fourth-order valence-electron chi connectivity index (χ4n) is 1.39. The van der Waals surface area contributed by atoms with Gasteiger partial charge >= 0.3 is 5.97 Å². The van der Waals surface area contributed by atoms with Gasteiger partial charge in [-0.25, -0.2) is 4.79 Å². The highest BCUT2D eigenvalue weighted by molar-refractivity contribution is 5.93. The predicted molar refractivity (Wildman–Crippen MR) is 72.5 cm³/mol. The van der Waals surface area contributed by atoms with Crippen LogP contribution in [-0.4, -0.2) is 41.3 Å².